The molecular weight excluding hydrogens is 218 g/mol. The first-order valence-electron chi connectivity index (χ1n) is 5.20. The van der Waals surface area contributed by atoms with Crippen molar-refractivity contribution in [2.75, 3.05) is 7.05 Å². The summed E-state index contributed by atoms with van der Waals surface area (Å²) in [5.41, 5.74) is 5.65. The van der Waals surface area contributed by atoms with Gasteiger partial charge in [0.2, 0.25) is 0 Å². The summed E-state index contributed by atoms with van der Waals surface area (Å²) in [6.07, 6.45) is 5.22. The molecule has 5 heteroatoms. The fraction of sp³-hybridized carbons (Fsp3) is 0.167. The third kappa shape index (κ3) is 2.19. The average molecular weight is 231 g/mol. The molecule has 2 rings (SSSR count). The Morgan fingerprint density at radius 2 is 2.12 bits per heavy atom. The van der Waals surface area contributed by atoms with E-state index < -0.39 is 5.97 Å². The quantitative estimate of drug-likeness (QED) is 0.789. The van der Waals surface area contributed by atoms with E-state index in [-0.39, 0.29) is 0 Å². The highest BCUT2D eigenvalue weighted by Gasteiger charge is 2.16. The van der Waals surface area contributed by atoms with Crippen molar-refractivity contribution in [2.24, 2.45) is 0 Å². The Hall–Kier alpha value is -2.14. The van der Waals surface area contributed by atoms with Gasteiger partial charge in [-0.05, 0) is 30.2 Å². The van der Waals surface area contributed by atoms with Crippen LogP contribution in [0, 0.1) is 6.92 Å². The molecule has 2 aromatic heterocycles. The fourth-order valence-corrected chi connectivity index (χ4v) is 1.68. The molecule has 0 unspecified atom stereocenters. The second kappa shape index (κ2) is 4.80. The topological polar surface area (TPSA) is 67.0 Å². The summed E-state index contributed by atoms with van der Waals surface area (Å²) in [7, 11) is 1.54. The van der Waals surface area contributed by atoms with Crippen LogP contribution in [-0.2, 0) is 4.84 Å². The van der Waals surface area contributed by atoms with E-state index in [0.29, 0.717) is 5.69 Å². The first-order valence-corrected chi connectivity index (χ1v) is 5.20. The van der Waals surface area contributed by atoms with E-state index in [1.807, 2.05) is 19.1 Å². The number of nitrogens with zero attached hydrogens (tertiary/aromatic N) is 1. The van der Waals surface area contributed by atoms with Crippen molar-refractivity contribution in [3.8, 4) is 11.1 Å². The van der Waals surface area contributed by atoms with Crippen molar-refractivity contribution in [3.05, 3.63) is 42.0 Å². The van der Waals surface area contributed by atoms with Gasteiger partial charge in [0, 0.05) is 31.2 Å². The van der Waals surface area contributed by atoms with Crippen molar-refractivity contribution in [1.82, 2.24) is 15.4 Å². The molecular formula is C12H13N3O2. The van der Waals surface area contributed by atoms with Crippen molar-refractivity contribution < 1.29 is 9.63 Å². The summed E-state index contributed by atoms with van der Waals surface area (Å²) in [5, 5.41) is 0. The minimum Gasteiger partial charge on any atom is -0.366 e. The SMILES string of the molecule is CNOC(=O)c1[nH]cc(-c2ccncc2)c1C. The van der Waals surface area contributed by atoms with Crippen molar-refractivity contribution >= 4 is 5.97 Å². The Labute approximate surface area is 98.8 Å². The van der Waals surface area contributed by atoms with E-state index in [0.717, 1.165) is 16.7 Å². The lowest BCUT2D eigenvalue weighted by molar-refractivity contribution is 0.0303. The van der Waals surface area contributed by atoms with E-state index in [1.165, 1.54) is 0 Å². The number of carbonyl (C=O) groups excluding carboxylic acids is 1. The highest BCUT2D eigenvalue weighted by molar-refractivity contribution is 5.91. The first-order chi connectivity index (χ1) is 8.24. The van der Waals surface area contributed by atoms with Crippen LogP contribution in [0.2, 0.25) is 0 Å². The third-order valence-electron chi connectivity index (χ3n) is 2.53. The number of hydrogen-bond donors (Lipinski definition) is 2. The predicted molar refractivity (Wildman–Crippen MR) is 63.2 cm³/mol. The molecule has 17 heavy (non-hydrogen) atoms. The normalized spacial score (nSPS) is 10.2. The lowest BCUT2D eigenvalue weighted by atomic mass is 10.1. The van der Waals surface area contributed by atoms with E-state index in [1.54, 1.807) is 25.6 Å². The Morgan fingerprint density at radius 3 is 2.76 bits per heavy atom. The van der Waals surface area contributed by atoms with Crippen LogP contribution in [0.5, 0.6) is 0 Å². The fourth-order valence-electron chi connectivity index (χ4n) is 1.68. The number of hydrogen-bond acceptors (Lipinski definition) is 4. The minimum absolute atomic E-state index is 0.426. The molecule has 0 spiro atoms. The summed E-state index contributed by atoms with van der Waals surface area (Å²) in [6.45, 7) is 1.87. The highest BCUT2D eigenvalue weighted by atomic mass is 16.7. The second-order valence-electron chi connectivity index (χ2n) is 3.53. The average Bonchev–Trinajstić information content (AvgIpc) is 2.72. The molecule has 2 aromatic rings. The molecule has 2 N–H and O–H groups in total. The van der Waals surface area contributed by atoms with Gasteiger partial charge in [-0.1, -0.05) is 0 Å². The summed E-state index contributed by atoms with van der Waals surface area (Å²) >= 11 is 0. The third-order valence-corrected chi connectivity index (χ3v) is 2.53. The number of hydroxylamine groups is 1. The Bertz CT molecular complexity index is 520. The van der Waals surface area contributed by atoms with Gasteiger partial charge in [-0.2, -0.15) is 5.48 Å². The maximum atomic E-state index is 11.6. The zero-order chi connectivity index (χ0) is 12.3. The smallest absolute Gasteiger partial charge is 0.366 e. The van der Waals surface area contributed by atoms with E-state index in [4.69, 9.17) is 4.84 Å². The van der Waals surface area contributed by atoms with Crippen LogP contribution < -0.4 is 5.48 Å². The van der Waals surface area contributed by atoms with Gasteiger partial charge in [-0.25, -0.2) is 4.79 Å². The largest absolute Gasteiger partial charge is 0.373 e. The van der Waals surface area contributed by atoms with Crippen molar-refractivity contribution in [2.45, 2.75) is 6.92 Å². The standard InChI is InChI=1S/C12H13N3O2/c1-8-10(9-3-5-14-6-4-9)7-15-11(8)12(16)17-13-2/h3-7,13,15H,1-2H3. The molecule has 0 saturated heterocycles. The van der Waals surface area contributed by atoms with Crippen LogP contribution in [0.15, 0.2) is 30.7 Å². The molecule has 0 bridgehead atoms. The van der Waals surface area contributed by atoms with Crippen LogP contribution in [0.25, 0.3) is 11.1 Å². The van der Waals surface area contributed by atoms with Crippen LogP contribution in [0.1, 0.15) is 16.1 Å². The molecule has 0 aliphatic carbocycles. The van der Waals surface area contributed by atoms with Gasteiger partial charge in [0.15, 0.2) is 0 Å². The van der Waals surface area contributed by atoms with Crippen LogP contribution >= 0.6 is 0 Å². The number of aromatic nitrogens is 2. The van der Waals surface area contributed by atoms with E-state index >= 15 is 0 Å². The van der Waals surface area contributed by atoms with Crippen molar-refractivity contribution in [1.29, 1.82) is 0 Å². The first kappa shape index (κ1) is 11.3. The molecule has 5 nitrogen and oxygen atoms in total. The molecule has 88 valence electrons. The number of aromatic amines is 1. The van der Waals surface area contributed by atoms with Gasteiger partial charge < -0.3 is 9.82 Å². The summed E-state index contributed by atoms with van der Waals surface area (Å²) in [4.78, 5) is 23.2. The van der Waals surface area contributed by atoms with E-state index in [9.17, 15) is 4.79 Å². The van der Waals surface area contributed by atoms with Crippen LogP contribution in [0.3, 0.4) is 0 Å². The number of H-pyrrole nitrogens is 1. The summed E-state index contributed by atoms with van der Waals surface area (Å²) in [6, 6.07) is 3.78. The number of nitrogens with one attached hydrogen (secondary N) is 2. The molecule has 0 amide bonds. The summed E-state index contributed by atoms with van der Waals surface area (Å²) < 4.78 is 0. The van der Waals surface area contributed by atoms with Gasteiger partial charge in [0.05, 0.1) is 0 Å². The van der Waals surface area contributed by atoms with Crippen LogP contribution in [-0.4, -0.2) is 23.0 Å². The number of rotatable bonds is 3. The molecule has 0 aromatic carbocycles. The van der Waals surface area contributed by atoms with Gasteiger partial charge in [-0.15, -0.1) is 0 Å². The molecule has 0 atom stereocenters. The zero-order valence-electron chi connectivity index (χ0n) is 9.65. The van der Waals surface area contributed by atoms with E-state index in [2.05, 4.69) is 15.4 Å². The molecule has 0 aliphatic rings. The molecule has 0 aliphatic heterocycles. The maximum absolute atomic E-state index is 11.6. The Kier molecular flexibility index (Phi) is 3.20. The molecule has 0 saturated carbocycles. The van der Waals surface area contributed by atoms with Crippen molar-refractivity contribution in [3.63, 3.8) is 0 Å². The van der Waals surface area contributed by atoms with Gasteiger partial charge in [0.25, 0.3) is 0 Å². The maximum Gasteiger partial charge on any atom is 0.373 e. The Morgan fingerprint density at radius 1 is 1.41 bits per heavy atom. The zero-order valence-corrected chi connectivity index (χ0v) is 9.65. The van der Waals surface area contributed by atoms with Gasteiger partial charge in [0.1, 0.15) is 5.69 Å². The number of carbonyl (C=O) groups is 1. The van der Waals surface area contributed by atoms with Gasteiger partial charge in [-0.3, -0.25) is 4.98 Å². The number of pyridine rings is 1. The highest BCUT2D eigenvalue weighted by Crippen LogP contribution is 2.25. The van der Waals surface area contributed by atoms with Gasteiger partial charge >= 0.3 is 5.97 Å². The molecule has 0 fully saturated rings. The Balaban J connectivity index is 2.37. The molecule has 0 radical (unpaired) electrons. The second-order valence-corrected chi connectivity index (χ2v) is 3.53. The lowest BCUT2D eigenvalue weighted by Crippen LogP contribution is -2.16. The predicted octanol–water partition coefficient (Wildman–Crippen LogP) is 1.68. The summed E-state index contributed by atoms with van der Waals surface area (Å²) in [5.74, 6) is -0.426. The molecule has 2 heterocycles. The monoisotopic (exact) mass is 231 g/mol. The van der Waals surface area contributed by atoms with Crippen LogP contribution in [0.4, 0.5) is 0 Å². The minimum atomic E-state index is -0.426. The lowest BCUT2D eigenvalue weighted by Gasteiger charge is -2.02.